The highest BCUT2D eigenvalue weighted by molar-refractivity contribution is 8.07. The first-order valence-corrected chi connectivity index (χ1v) is 23.2. The molecule has 0 radical (unpaired) electrons. The van der Waals surface area contributed by atoms with Crippen LogP contribution in [-0.2, 0) is 57.9 Å². The van der Waals surface area contributed by atoms with Crippen LogP contribution in [0.3, 0.4) is 0 Å². The predicted molar refractivity (Wildman–Crippen MR) is 227 cm³/mol. The van der Waals surface area contributed by atoms with E-state index < -0.39 is 6.72 Å². The number of nitrogens with zero attached hydrogens (tertiary/aromatic N) is 3. The number of para-hydroxylation sites is 1. The molecule has 1 unspecified atom stereocenters. The molecular formula is C42H62N6O8PS+. The average Bonchev–Trinajstić information content (AvgIpc) is 3.59. The summed E-state index contributed by atoms with van der Waals surface area (Å²) in [4.78, 5) is 62.6. The highest BCUT2D eigenvalue weighted by Crippen LogP contribution is 2.45. The quantitative estimate of drug-likeness (QED) is 0.0408. The van der Waals surface area contributed by atoms with E-state index in [1.807, 2.05) is 67.1 Å². The molecule has 1 aliphatic heterocycles. The number of aromatic amines is 1. The summed E-state index contributed by atoms with van der Waals surface area (Å²) in [7, 11) is 0. The van der Waals surface area contributed by atoms with E-state index in [-0.39, 0.29) is 48.4 Å². The standard InChI is InChI=1S/C42H61N6O8PS/c1-31(2)37(49)23-28-54-29-25-44-39(51)21-22-40(52)47-30-33-16-9-10-17-34(33)41-42(35-18-11-12-19-36(35)47)48(46-45-41)26-14-7-8-20-38(50)43-24-13-5-6-15-27-55-57(53,58)56-32(3)4/h9-12,16-19,31-32H,5-8,13-15,20-30H2,1-4H3,(H3,43,44,50,51,53,58)/p+1. The van der Waals surface area contributed by atoms with Crippen LogP contribution in [0.25, 0.3) is 22.5 Å². The topological polar surface area (TPSA) is 176 Å². The Morgan fingerprint density at radius 1 is 0.828 bits per heavy atom. The highest BCUT2D eigenvalue weighted by Gasteiger charge is 2.33. The number of aryl methyl sites for hydroxylation is 1. The third kappa shape index (κ3) is 15.4. The van der Waals surface area contributed by atoms with Gasteiger partial charge in [0.2, 0.25) is 23.4 Å². The number of amides is 3. The summed E-state index contributed by atoms with van der Waals surface area (Å²) in [5.41, 5.74) is 5.17. The number of Topliss-reactive ketones (excluding diaryl/α,β-unsaturated/α-hetero) is 1. The van der Waals surface area contributed by atoms with Gasteiger partial charge in [-0.25, -0.2) is 0 Å². The van der Waals surface area contributed by atoms with Crippen molar-refractivity contribution in [1.29, 1.82) is 0 Å². The van der Waals surface area contributed by atoms with Crippen molar-refractivity contribution in [3.05, 3.63) is 54.1 Å². The maximum Gasteiger partial charge on any atom is 0.324 e. The van der Waals surface area contributed by atoms with E-state index in [2.05, 4.69) is 15.8 Å². The van der Waals surface area contributed by atoms with Crippen LogP contribution in [0.1, 0.15) is 104 Å². The van der Waals surface area contributed by atoms with Gasteiger partial charge < -0.3 is 34.2 Å². The molecule has 0 aliphatic carbocycles. The van der Waals surface area contributed by atoms with Crippen LogP contribution in [0.15, 0.2) is 48.5 Å². The van der Waals surface area contributed by atoms with E-state index in [0.717, 1.165) is 78.7 Å². The number of carbonyl (C=O) groups excluding carboxylic acids is 4. The van der Waals surface area contributed by atoms with Crippen LogP contribution >= 0.6 is 6.72 Å². The first-order chi connectivity index (χ1) is 27.9. The van der Waals surface area contributed by atoms with Crippen molar-refractivity contribution < 1.29 is 42.5 Å². The van der Waals surface area contributed by atoms with Gasteiger partial charge in [-0.15, -0.1) is 0 Å². The zero-order valence-corrected chi connectivity index (χ0v) is 36.2. The van der Waals surface area contributed by atoms with Gasteiger partial charge in [-0.1, -0.05) is 62.2 Å². The second-order valence-corrected chi connectivity index (χ2v) is 17.9. The van der Waals surface area contributed by atoms with Crippen molar-refractivity contribution in [3.8, 4) is 22.5 Å². The average molecular weight is 842 g/mol. The SMILES string of the molecule is CC(C)OP(O)(=S)OCCCCCCNC(=O)CCCCC[n+]1[nH]nc2c1-c1ccccc1N(C(=O)CCC(=O)NCCOCCC(=O)C(C)C)Cc1ccccc1-2. The molecular weight excluding hydrogens is 780 g/mol. The molecule has 4 N–H and O–H groups in total. The number of hydrogen-bond acceptors (Lipinski definition) is 9. The van der Waals surface area contributed by atoms with Crippen LogP contribution in [-0.4, -0.2) is 77.7 Å². The molecule has 0 saturated carbocycles. The molecule has 16 heteroatoms. The van der Waals surface area contributed by atoms with Crippen molar-refractivity contribution in [2.75, 3.05) is 37.8 Å². The zero-order chi connectivity index (χ0) is 41.9. The Balaban J connectivity index is 1.26. The molecule has 0 bridgehead atoms. The van der Waals surface area contributed by atoms with Gasteiger partial charge >= 0.3 is 6.72 Å². The number of H-pyrrole nitrogens is 1. The number of fused-ring (bicyclic) bond motifs is 5. The van der Waals surface area contributed by atoms with Crippen molar-refractivity contribution in [2.24, 2.45) is 5.92 Å². The van der Waals surface area contributed by atoms with E-state index >= 15 is 0 Å². The van der Waals surface area contributed by atoms with Gasteiger partial charge in [0, 0.05) is 55.4 Å². The molecule has 3 aromatic rings. The van der Waals surface area contributed by atoms with Gasteiger partial charge in [0.05, 0.1) is 43.7 Å². The van der Waals surface area contributed by atoms with E-state index in [9.17, 15) is 24.1 Å². The molecule has 4 rings (SSSR count). The maximum absolute atomic E-state index is 13.9. The van der Waals surface area contributed by atoms with Gasteiger partial charge in [-0.05, 0) is 81.5 Å². The number of hydrogen-bond donors (Lipinski definition) is 4. The number of rotatable bonds is 26. The third-order valence-corrected chi connectivity index (χ3v) is 11.4. The number of aromatic nitrogens is 3. The van der Waals surface area contributed by atoms with Crippen molar-refractivity contribution in [1.82, 2.24) is 20.9 Å². The third-order valence-electron chi connectivity index (χ3n) is 9.68. The molecule has 1 aromatic heterocycles. The Hall–Kier alpha value is -3.85. The lowest BCUT2D eigenvalue weighted by atomic mass is 9.95. The van der Waals surface area contributed by atoms with Crippen LogP contribution < -0.4 is 20.2 Å². The molecule has 58 heavy (non-hydrogen) atoms. The minimum atomic E-state index is -3.17. The summed E-state index contributed by atoms with van der Waals surface area (Å²) in [6.07, 6.45) is 6.60. The number of anilines is 1. The zero-order valence-electron chi connectivity index (χ0n) is 34.5. The lowest BCUT2D eigenvalue weighted by molar-refractivity contribution is -0.744. The summed E-state index contributed by atoms with van der Waals surface area (Å²) < 4.78 is 18.1. The van der Waals surface area contributed by atoms with Crippen molar-refractivity contribution in [3.63, 3.8) is 0 Å². The normalized spacial score (nSPS) is 13.3. The summed E-state index contributed by atoms with van der Waals surface area (Å²) in [6.45, 7) is 7.03. The largest absolute Gasteiger partial charge is 0.379 e. The van der Waals surface area contributed by atoms with Crippen LogP contribution in [0.4, 0.5) is 5.69 Å². The van der Waals surface area contributed by atoms with E-state index in [0.29, 0.717) is 58.8 Å². The number of carbonyl (C=O) groups is 4. The van der Waals surface area contributed by atoms with Crippen LogP contribution in [0.5, 0.6) is 0 Å². The molecule has 1 atom stereocenters. The number of benzene rings is 2. The maximum atomic E-state index is 13.9. The van der Waals surface area contributed by atoms with E-state index in [1.54, 1.807) is 18.7 Å². The summed E-state index contributed by atoms with van der Waals surface area (Å²) in [5.74, 6) is -0.237. The van der Waals surface area contributed by atoms with Crippen molar-refractivity contribution >= 4 is 47.7 Å². The number of ketones is 1. The van der Waals surface area contributed by atoms with Gasteiger partial charge in [-0.2, -0.15) is 4.68 Å². The first kappa shape index (κ1) is 46.8. The Kier molecular flexibility index (Phi) is 19.6. The number of unbranched alkanes of at least 4 members (excludes halogenated alkanes) is 5. The molecule has 2 aromatic carbocycles. The predicted octanol–water partition coefficient (Wildman–Crippen LogP) is 6.30. The Bertz CT molecular complexity index is 1850. The van der Waals surface area contributed by atoms with Crippen LogP contribution in [0.2, 0.25) is 0 Å². The minimum absolute atomic E-state index is 0.0257. The number of ether oxygens (including phenoxy) is 1. The fraction of sp³-hybridized carbons (Fsp3) is 0.571. The fourth-order valence-electron chi connectivity index (χ4n) is 6.62. The monoisotopic (exact) mass is 841 g/mol. The van der Waals surface area contributed by atoms with Crippen LogP contribution in [0, 0.1) is 5.92 Å². The summed E-state index contributed by atoms with van der Waals surface area (Å²) >= 11 is 4.99. The minimum Gasteiger partial charge on any atom is -0.379 e. The molecule has 14 nitrogen and oxygen atoms in total. The van der Waals surface area contributed by atoms with Crippen molar-refractivity contribution in [2.45, 2.75) is 118 Å². The highest BCUT2D eigenvalue weighted by atomic mass is 32.5. The molecule has 1 aliphatic rings. The lowest BCUT2D eigenvalue weighted by Gasteiger charge is -2.27. The van der Waals surface area contributed by atoms with Gasteiger partial charge in [0.15, 0.2) is 0 Å². The molecule has 2 heterocycles. The number of nitrogens with one attached hydrogen (secondary N) is 3. The second kappa shape index (κ2) is 24.3. The first-order valence-electron chi connectivity index (χ1n) is 20.6. The van der Waals surface area contributed by atoms with E-state index in [1.165, 1.54) is 0 Å². The molecule has 0 saturated heterocycles. The smallest absolute Gasteiger partial charge is 0.324 e. The van der Waals surface area contributed by atoms with Gasteiger partial charge in [0.25, 0.3) is 5.69 Å². The summed E-state index contributed by atoms with van der Waals surface area (Å²) in [5, 5.41) is 13.8. The van der Waals surface area contributed by atoms with E-state index in [4.69, 9.17) is 30.7 Å². The Morgan fingerprint density at radius 3 is 2.29 bits per heavy atom. The Labute approximate surface area is 348 Å². The second-order valence-electron chi connectivity index (χ2n) is 15.1. The molecule has 318 valence electrons. The van der Waals surface area contributed by atoms with Gasteiger partial charge in [-0.3, -0.25) is 19.2 Å². The summed E-state index contributed by atoms with van der Waals surface area (Å²) in [6, 6.07) is 15.7. The Morgan fingerprint density at radius 2 is 1.52 bits per heavy atom. The van der Waals surface area contributed by atoms with Gasteiger partial charge in [0.1, 0.15) is 12.3 Å². The molecule has 3 amide bonds. The molecule has 0 fully saturated rings. The molecule has 0 spiro atoms. The lowest BCUT2D eigenvalue weighted by Crippen LogP contribution is -2.39. The fourth-order valence-corrected chi connectivity index (χ4v) is 8.31.